The molecule has 1 saturated carbocycles. The largest absolute Gasteiger partial charge is 0.480 e. The summed E-state index contributed by atoms with van der Waals surface area (Å²) in [6.45, 7) is 7.11. The normalized spacial score (nSPS) is 23.4. The summed E-state index contributed by atoms with van der Waals surface area (Å²) in [5, 5.41) is 11.6. The van der Waals surface area contributed by atoms with E-state index in [9.17, 15) is 14.4 Å². The average molecular weight is 299 g/mol. The Morgan fingerprint density at radius 1 is 1.29 bits per heavy atom. The van der Waals surface area contributed by atoms with Crippen LogP contribution in [0.3, 0.4) is 0 Å². The molecule has 1 fully saturated rings. The maximum atomic E-state index is 12.1. The van der Waals surface area contributed by atoms with Crippen LogP contribution in [0.25, 0.3) is 0 Å². The summed E-state index contributed by atoms with van der Waals surface area (Å²) in [5.41, 5.74) is -0.676. The number of carbonyl (C=O) groups is 3. The smallest absolute Gasteiger partial charge is 0.326 e. The quantitative estimate of drug-likeness (QED) is 0.754. The van der Waals surface area contributed by atoms with Crippen LogP contribution in [-0.2, 0) is 19.1 Å². The van der Waals surface area contributed by atoms with Crippen molar-refractivity contribution in [2.45, 2.75) is 65.0 Å². The van der Waals surface area contributed by atoms with Crippen LogP contribution >= 0.6 is 0 Å². The van der Waals surface area contributed by atoms with E-state index in [4.69, 9.17) is 9.84 Å². The minimum Gasteiger partial charge on any atom is -0.480 e. The van der Waals surface area contributed by atoms with Gasteiger partial charge in [0.1, 0.15) is 11.6 Å². The summed E-state index contributed by atoms with van der Waals surface area (Å²) < 4.78 is 5.09. The summed E-state index contributed by atoms with van der Waals surface area (Å²) >= 11 is 0. The lowest BCUT2D eigenvalue weighted by atomic mass is 9.97. The van der Waals surface area contributed by atoms with Gasteiger partial charge in [-0.1, -0.05) is 13.3 Å². The van der Waals surface area contributed by atoms with Crippen LogP contribution in [0.4, 0.5) is 0 Å². The summed E-state index contributed by atoms with van der Waals surface area (Å²) in [6, 6.07) is -1.24. The number of hydrogen-bond acceptors (Lipinski definition) is 4. The Bertz CT molecular complexity index is 413. The zero-order valence-corrected chi connectivity index (χ0v) is 13.1. The summed E-state index contributed by atoms with van der Waals surface area (Å²) in [7, 11) is 0. The van der Waals surface area contributed by atoms with E-state index in [1.807, 2.05) is 6.92 Å². The fourth-order valence-corrected chi connectivity index (χ4v) is 2.56. The highest BCUT2D eigenvalue weighted by molar-refractivity contribution is 5.88. The number of carboxylic acid groups (broad SMARTS) is 1. The van der Waals surface area contributed by atoms with Crippen LogP contribution in [-0.4, -0.2) is 34.6 Å². The lowest BCUT2D eigenvalue weighted by Gasteiger charge is -2.22. The highest BCUT2D eigenvalue weighted by Crippen LogP contribution is 2.31. The van der Waals surface area contributed by atoms with Crippen molar-refractivity contribution in [2.75, 3.05) is 0 Å². The van der Waals surface area contributed by atoms with Crippen LogP contribution in [0.2, 0.25) is 0 Å². The third-order valence-electron chi connectivity index (χ3n) is 3.60. The second-order valence-corrected chi connectivity index (χ2v) is 6.70. The van der Waals surface area contributed by atoms with E-state index < -0.39 is 23.6 Å². The molecule has 0 bridgehead atoms. The minimum atomic E-state index is -1.24. The standard InChI is InChI=1S/C15H25NO5/c1-9-6-5-7-10(9)13(18)16-11(14(19)20)8-12(17)21-15(2,3)4/h9-11H,5-8H2,1-4H3,(H,16,18)(H,19,20)/t9?,10?,11-/m0/s1. The Balaban J connectivity index is 2.59. The van der Waals surface area contributed by atoms with E-state index >= 15 is 0 Å². The molecule has 0 aromatic rings. The van der Waals surface area contributed by atoms with Gasteiger partial charge in [0.05, 0.1) is 6.42 Å². The number of carboxylic acids is 1. The van der Waals surface area contributed by atoms with Crippen LogP contribution < -0.4 is 5.32 Å². The molecule has 1 amide bonds. The molecule has 6 nitrogen and oxygen atoms in total. The molecule has 0 heterocycles. The SMILES string of the molecule is CC1CCCC1C(=O)N[C@@H](CC(=O)OC(C)(C)C)C(=O)O. The fraction of sp³-hybridized carbons (Fsp3) is 0.800. The van der Waals surface area contributed by atoms with Crippen molar-refractivity contribution in [3.05, 3.63) is 0 Å². The molecule has 6 heteroatoms. The summed E-state index contributed by atoms with van der Waals surface area (Å²) in [4.78, 5) is 35.0. The third-order valence-corrected chi connectivity index (χ3v) is 3.60. The number of carbonyl (C=O) groups excluding carboxylic acids is 2. The predicted molar refractivity (Wildman–Crippen MR) is 76.5 cm³/mol. The Morgan fingerprint density at radius 3 is 2.33 bits per heavy atom. The first-order valence-electron chi connectivity index (χ1n) is 7.35. The average Bonchev–Trinajstić information content (AvgIpc) is 2.71. The molecule has 120 valence electrons. The number of amides is 1. The van der Waals surface area contributed by atoms with E-state index in [1.54, 1.807) is 20.8 Å². The van der Waals surface area contributed by atoms with Crippen molar-refractivity contribution in [2.24, 2.45) is 11.8 Å². The molecule has 0 aromatic heterocycles. The molecule has 0 radical (unpaired) electrons. The minimum absolute atomic E-state index is 0.162. The van der Waals surface area contributed by atoms with Gasteiger partial charge in [0, 0.05) is 5.92 Å². The van der Waals surface area contributed by atoms with Crippen molar-refractivity contribution in [3.63, 3.8) is 0 Å². The van der Waals surface area contributed by atoms with Gasteiger partial charge in [-0.15, -0.1) is 0 Å². The Labute approximate surface area is 125 Å². The first-order valence-corrected chi connectivity index (χ1v) is 7.35. The number of rotatable bonds is 5. The molecule has 21 heavy (non-hydrogen) atoms. The van der Waals surface area contributed by atoms with Gasteiger partial charge in [-0.05, 0) is 39.5 Å². The summed E-state index contributed by atoms with van der Waals surface area (Å²) in [6.07, 6.45) is 2.36. The first-order chi connectivity index (χ1) is 9.60. The molecule has 1 rings (SSSR count). The van der Waals surface area contributed by atoms with E-state index in [1.165, 1.54) is 0 Å². The predicted octanol–water partition coefficient (Wildman–Crippen LogP) is 1.72. The van der Waals surface area contributed by atoms with Crippen molar-refractivity contribution in [1.29, 1.82) is 0 Å². The van der Waals surface area contributed by atoms with Crippen molar-refractivity contribution in [3.8, 4) is 0 Å². The Hall–Kier alpha value is -1.59. The zero-order valence-electron chi connectivity index (χ0n) is 13.1. The van der Waals surface area contributed by atoms with Crippen molar-refractivity contribution >= 4 is 17.8 Å². The highest BCUT2D eigenvalue weighted by atomic mass is 16.6. The number of esters is 1. The molecule has 2 N–H and O–H groups in total. The van der Waals surface area contributed by atoms with Gasteiger partial charge in [0.2, 0.25) is 5.91 Å². The van der Waals surface area contributed by atoms with Gasteiger partial charge in [-0.2, -0.15) is 0 Å². The highest BCUT2D eigenvalue weighted by Gasteiger charge is 2.33. The van der Waals surface area contributed by atoms with Crippen molar-refractivity contribution in [1.82, 2.24) is 5.32 Å². The molecule has 0 saturated heterocycles. The van der Waals surface area contributed by atoms with E-state index in [-0.39, 0.29) is 24.2 Å². The second kappa shape index (κ2) is 6.91. The maximum absolute atomic E-state index is 12.1. The molecular weight excluding hydrogens is 274 g/mol. The number of aliphatic carboxylic acids is 1. The monoisotopic (exact) mass is 299 g/mol. The molecular formula is C15H25NO5. The molecule has 1 aliphatic rings. The zero-order chi connectivity index (χ0) is 16.2. The molecule has 0 spiro atoms. The fourth-order valence-electron chi connectivity index (χ4n) is 2.56. The molecule has 1 aliphatic carbocycles. The summed E-state index contributed by atoms with van der Waals surface area (Å²) in [5.74, 6) is -2.04. The third kappa shape index (κ3) is 5.73. The molecule has 0 aliphatic heterocycles. The Morgan fingerprint density at radius 2 is 1.90 bits per heavy atom. The Kier molecular flexibility index (Phi) is 5.75. The maximum Gasteiger partial charge on any atom is 0.326 e. The van der Waals surface area contributed by atoms with E-state index in [2.05, 4.69) is 5.32 Å². The van der Waals surface area contributed by atoms with Gasteiger partial charge in [0.15, 0.2) is 0 Å². The number of ether oxygens (including phenoxy) is 1. The topological polar surface area (TPSA) is 92.7 Å². The lowest BCUT2D eigenvalue weighted by Crippen LogP contribution is -2.46. The van der Waals surface area contributed by atoms with Crippen LogP contribution in [0.15, 0.2) is 0 Å². The van der Waals surface area contributed by atoms with Gasteiger partial charge in [-0.3, -0.25) is 9.59 Å². The van der Waals surface area contributed by atoms with E-state index in [0.29, 0.717) is 0 Å². The van der Waals surface area contributed by atoms with Gasteiger partial charge >= 0.3 is 11.9 Å². The van der Waals surface area contributed by atoms with Crippen molar-refractivity contribution < 1.29 is 24.2 Å². The van der Waals surface area contributed by atoms with Gasteiger partial charge < -0.3 is 15.2 Å². The second-order valence-electron chi connectivity index (χ2n) is 6.70. The van der Waals surface area contributed by atoms with Gasteiger partial charge in [0.25, 0.3) is 0 Å². The van der Waals surface area contributed by atoms with Gasteiger partial charge in [-0.25, -0.2) is 4.79 Å². The van der Waals surface area contributed by atoms with Crippen LogP contribution in [0.5, 0.6) is 0 Å². The van der Waals surface area contributed by atoms with Crippen LogP contribution in [0.1, 0.15) is 53.4 Å². The molecule has 2 unspecified atom stereocenters. The first kappa shape index (κ1) is 17.5. The molecule has 3 atom stereocenters. The number of hydrogen-bond donors (Lipinski definition) is 2. The number of nitrogens with one attached hydrogen (secondary N) is 1. The van der Waals surface area contributed by atoms with Crippen LogP contribution in [0, 0.1) is 11.8 Å². The molecule has 0 aromatic carbocycles. The lowest BCUT2D eigenvalue weighted by molar-refractivity contribution is -0.158. The van der Waals surface area contributed by atoms with E-state index in [0.717, 1.165) is 19.3 Å².